The van der Waals surface area contributed by atoms with Gasteiger partial charge in [-0.05, 0) is 42.6 Å². The lowest BCUT2D eigenvalue weighted by molar-refractivity contribution is -0.116. The summed E-state index contributed by atoms with van der Waals surface area (Å²) < 4.78 is 28.9. The molecule has 0 N–H and O–H groups in total. The van der Waals surface area contributed by atoms with Gasteiger partial charge in [0.1, 0.15) is 5.76 Å². The molecule has 0 radical (unpaired) electrons. The van der Waals surface area contributed by atoms with Gasteiger partial charge in [0.05, 0.1) is 4.90 Å². The zero-order valence-electron chi connectivity index (χ0n) is 14.7. The van der Waals surface area contributed by atoms with E-state index in [2.05, 4.69) is 15.4 Å². The van der Waals surface area contributed by atoms with E-state index in [0.29, 0.717) is 21.9 Å². The highest BCUT2D eigenvalue weighted by atomic mass is 35.5. The van der Waals surface area contributed by atoms with Crippen LogP contribution in [0.25, 0.3) is 5.57 Å². The molecular weight excluding hydrogens is 391 g/mol. The Bertz CT molecular complexity index is 907. The Hall–Kier alpha value is -1.94. The fraction of sp³-hybridized carbons (Fsp3) is 0.158. The van der Waals surface area contributed by atoms with E-state index in [1.54, 1.807) is 37.0 Å². The van der Waals surface area contributed by atoms with Crippen LogP contribution in [0.3, 0.4) is 0 Å². The molecule has 4 nitrogen and oxygen atoms in total. The van der Waals surface area contributed by atoms with E-state index in [1.807, 2.05) is 0 Å². The van der Waals surface area contributed by atoms with Crippen LogP contribution in [0.2, 0.25) is 0 Å². The average Bonchev–Trinajstić information content (AvgIpc) is 2.58. The third-order valence-electron chi connectivity index (χ3n) is 3.24. The van der Waals surface area contributed by atoms with Crippen molar-refractivity contribution in [1.29, 1.82) is 0 Å². The molecule has 1 aromatic carbocycles. The van der Waals surface area contributed by atoms with Gasteiger partial charge in [-0.1, -0.05) is 36.4 Å². The fourth-order valence-corrected chi connectivity index (χ4v) is 2.93. The second-order valence-electron chi connectivity index (χ2n) is 5.37. The Morgan fingerprint density at radius 3 is 2.19 bits per heavy atom. The molecule has 0 aliphatic heterocycles. The predicted molar refractivity (Wildman–Crippen MR) is 111 cm³/mol. The van der Waals surface area contributed by atoms with E-state index in [0.717, 1.165) is 6.26 Å². The van der Waals surface area contributed by atoms with Crippen LogP contribution in [0, 0.1) is 0 Å². The van der Waals surface area contributed by atoms with Crippen LogP contribution in [0.5, 0.6) is 0 Å². The standard InChI is InChI=1S/C19H20ClO4PS/c1-5-16(20)9-6-13(2)24-19(14(3)21)18(12-25)15-7-10-17(11-8-15)26(4,22)23/h5-12,25H,1H2,2-4H3/b13-6+,16-9+,19-18-. The molecule has 0 amide bonds. The van der Waals surface area contributed by atoms with Crippen molar-refractivity contribution in [2.45, 2.75) is 18.7 Å². The van der Waals surface area contributed by atoms with Gasteiger partial charge in [0.15, 0.2) is 21.4 Å². The number of hydrogen-bond donors (Lipinski definition) is 0. The molecule has 7 heteroatoms. The first-order chi connectivity index (χ1) is 12.1. The SMILES string of the molecule is C=C/C(Cl)=C\C=C(/C)O/C(C(C)=O)=C(/C=P)c1ccc(S(C)(=O)=O)cc1. The number of sulfone groups is 1. The summed E-state index contributed by atoms with van der Waals surface area (Å²) in [6, 6.07) is 6.19. The average molecular weight is 411 g/mol. The van der Waals surface area contributed by atoms with Crippen molar-refractivity contribution in [3.63, 3.8) is 0 Å². The monoisotopic (exact) mass is 410 g/mol. The Kier molecular flexibility index (Phi) is 8.22. The smallest absolute Gasteiger partial charge is 0.195 e. The second kappa shape index (κ2) is 9.67. The van der Waals surface area contributed by atoms with Gasteiger partial charge in [-0.25, -0.2) is 8.42 Å². The van der Waals surface area contributed by atoms with Gasteiger partial charge in [-0.3, -0.25) is 4.79 Å². The Morgan fingerprint density at radius 2 is 1.77 bits per heavy atom. The van der Waals surface area contributed by atoms with Crippen molar-refractivity contribution in [2.24, 2.45) is 0 Å². The maximum absolute atomic E-state index is 12.1. The van der Waals surface area contributed by atoms with Crippen LogP contribution in [0.1, 0.15) is 19.4 Å². The lowest BCUT2D eigenvalue weighted by atomic mass is 10.0. The molecule has 1 aromatic rings. The number of halogens is 1. The van der Waals surface area contributed by atoms with Gasteiger partial charge in [0, 0.05) is 23.8 Å². The number of carbonyl (C=O) groups is 1. The minimum absolute atomic E-state index is 0.115. The van der Waals surface area contributed by atoms with Gasteiger partial charge in [-0.15, -0.1) is 8.86 Å². The van der Waals surface area contributed by atoms with Crippen LogP contribution in [0.15, 0.2) is 70.5 Å². The summed E-state index contributed by atoms with van der Waals surface area (Å²) in [6.45, 7) is 6.62. The molecule has 0 heterocycles. The van der Waals surface area contributed by atoms with Crippen molar-refractivity contribution in [3.8, 4) is 0 Å². The number of carbonyl (C=O) groups excluding carboxylic acids is 1. The van der Waals surface area contributed by atoms with Gasteiger partial charge in [0.2, 0.25) is 0 Å². The molecule has 0 fully saturated rings. The van der Waals surface area contributed by atoms with Gasteiger partial charge in [-0.2, -0.15) is 0 Å². The molecule has 0 spiro atoms. The highest BCUT2D eigenvalue weighted by molar-refractivity contribution is 7.90. The van der Waals surface area contributed by atoms with Crippen molar-refractivity contribution < 1.29 is 17.9 Å². The molecule has 0 atom stereocenters. The highest BCUT2D eigenvalue weighted by Gasteiger charge is 2.15. The molecule has 1 rings (SSSR count). The fourth-order valence-electron chi connectivity index (χ4n) is 1.94. The molecule has 0 unspecified atom stereocenters. The summed E-state index contributed by atoms with van der Waals surface area (Å²) >= 11 is 5.85. The first kappa shape index (κ1) is 22.1. The van der Waals surface area contributed by atoms with Crippen molar-refractivity contribution in [2.75, 3.05) is 6.26 Å². The predicted octanol–water partition coefficient (Wildman–Crippen LogP) is 4.56. The van der Waals surface area contributed by atoms with E-state index in [4.69, 9.17) is 16.3 Å². The van der Waals surface area contributed by atoms with Crippen LogP contribution >= 0.6 is 20.5 Å². The molecule has 0 aromatic heterocycles. The van der Waals surface area contributed by atoms with E-state index >= 15 is 0 Å². The van der Waals surface area contributed by atoms with E-state index < -0.39 is 9.84 Å². The first-order valence-corrected chi connectivity index (χ1v) is 10.4. The van der Waals surface area contributed by atoms with E-state index in [-0.39, 0.29) is 16.4 Å². The number of ether oxygens (including phenoxy) is 1. The van der Waals surface area contributed by atoms with E-state index in [9.17, 15) is 13.2 Å². The van der Waals surface area contributed by atoms with Gasteiger partial charge >= 0.3 is 0 Å². The van der Waals surface area contributed by atoms with Crippen LogP contribution in [-0.4, -0.2) is 26.3 Å². The minimum atomic E-state index is -3.30. The third-order valence-corrected chi connectivity index (χ3v) is 4.93. The zero-order chi connectivity index (χ0) is 19.9. The zero-order valence-corrected chi connectivity index (χ0v) is 17.3. The minimum Gasteiger partial charge on any atom is -0.458 e. The van der Waals surface area contributed by atoms with Crippen LogP contribution in [0.4, 0.5) is 0 Å². The number of benzene rings is 1. The van der Waals surface area contributed by atoms with Crippen molar-refractivity contribution in [1.82, 2.24) is 0 Å². The molecular formula is C19H20ClO4PS. The molecule has 0 aliphatic carbocycles. The van der Waals surface area contributed by atoms with Crippen molar-refractivity contribution >= 4 is 47.5 Å². The lowest BCUT2D eigenvalue weighted by Crippen LogP contribution is -2.06. The maximum Gasteiger partial charge on any atom is 0.195 e. The molecule has 0 bridgehead atoms. The molecule has 138 valence electrons. The Balaban J connectivity index is 3.36. The largest absolute Gasteiger partial charge is 0.458 e. The maximum atomic E-state index is 12.1. The summed E-state index contributed by atoms with van der Waals surface area (Å²) in [7, 11) is -0.000338. The lowest BCUT2D eigenvalue weighted by Gasteiger charge is -2.12. The topological polar surface area (TPSA) is 60.4 Å². The molecule has 0 aliphatic rings. The van der Waals surface area contributed by atoms with Crippen molar-refractivity contribution in [3.05, 3.63) is 71.2 Å². The normalized spacial score (nSPS) is 13.7. The molecule has 0 saturated heterocycles. The summed E-state index contributed by atoms with van der Waals surface area (Å²) in [6.07, 6.45) is 5.83. The number of ketones is 1. The van der Waals surface area contributed by atoms with Crippen LogP contribution in [-0.2, 0) is 19.4 Å². The first-order valence-electron chi connectivity index (χ1n) is 7.50. The second-order valence-corrected chi connectivity index (χ2v) is 8.12. The third kappa shape index (κ3) is 6.41. The Morgan fingerprint density at radius 1 is 1.19 bits per heavy atom. The number of allylic oxidation sites excluding steroid dienone is 7. The molecule has 0 saturated carbocycles. The quantitative estimate of drug-likeness (QED) is 0.273. The highest BCUT2D eigenvalue weighted by Crippen LogP contribution is 2.23. The number of Topliss-reactive ketones (excluding diaryl/α,β-unsaturated/α-hetero) is 1. The summed E-state index contributed by atoms with van der Waals surface area (Å²) in [5.74, 6) is 1.83. The van der Waals surface area contributed by atoms with E-state index in [1.165, 1.54) is 25.1 Å². The summed E-state index contributed by atoms with van der Waals surface area (Å²) in [4.78, 5) is 12.3. The summed E-state index contributed by atoms with van der Waals surface area (Å²) in [5.41, 5.74) is 1.12. The van der Waals surface area contributed by atoms with Crippen LogP contribution < -0.4 is 0 Å². The summed E-state index contributed by atoms with van der Waals surface area (Å²) in [5, 5.41) is 0.435. The molecule has 26 heavy (non-hydrogen) atoms. The number of rotatable bonds is 8. The Labute approximate surface area is 161 Å². The van der Waals surface area contributed by atoms with Gasteiger partial charge in [0.25, 0.3) is 0 Å². The number of hydrogen-bond acceptors (Lipinski definition) is 4. The van der Waals surface area contributed by atoms with Gasteiger partial charge < -0.3 is 4.74 Å².